The van der Waals surface area contributed by atoms with Gasteiger partial charge in [0.05, 0.1) is 5.57 Å². The number of nitrogens with one attached hydrogen (secondary N) is 2. The second-order valence-electron chi connectivity index (χ2n) is 7.94. The highest BCUT2D eigenvalue weighted by atomic mass is 35.5. The van der Waals surface area contributed by atoms with Crippen LogP contribution in [0, 0.1) is 5.82 Å². The SMILES string of the molecule is O=C(O)C1=C(CN2CCN3C(=O)NC(=O)C3C2)NC(c2nccs2)=N[C@H]1c1ccc(F)cc1Cl. The molecule has 3 amide bonds. The molecule has 1 aromatic heterocycles. The van der Waals surface area contributed by atoms with Crippen LogP contribution in [0.15, 0.2) is 46.0 Å². The van der Waals surface area contributed by atoms with Gasteiger partial charge in [-0.3, -0.25) is 20.0 Å². The predicted octanol–water partition coefficient (Wildman–Crippen LogP) is 1.60. The van der Waals surface area contributed by atoms with Gasteiger partial charge in [-0.25, -0.2) is 19.0 Å². The minimum absolute atomic E-state index is 0.0387. The smallest absolute Gasteiger partial charge is 0.335 e. The number of carboxylic acid groups (broad SMARTS) is 1. The van der Waals surface area contributed by atoms with E-state index in [1.54, 1.807) is 11.6 Å². The van der Waals surface area contributed by atoms with E-state index in [0.717, 1.165) is 6.07 Å². The van der Waals surface area contributed by atoms with Gasteiger partial charge in [-0.15, -0.1) is 11.3 Å². The maximum absolute atomic E-state index is 13.7. The summed E-state index contributed by atoms with van der Waals surface area (Å²) in [5, 5.41) is 17.9. The molecule has 3 aliphatic heterocycles. The fourth-order valence-electron chi connectivity index (χ4n) is 4.30. The molecular weight excluding hydrogens is 487 g/mol. The first-order valence-electron chi connectivity index (χ1n) is 10.3. The fourth-order valence-corrected chi connectivity index (χ4v) is 5.16. The number of carboxylic acids is 1. The molecule has 3 N–H and O–H groups in total. The summed E-state index contributed by atoms with van der Waals surface area (Å²) in [6, 6.07) is 1.69. The van der Waals surface area contributed by atoms with E-state index in [0.29, 0.717) is 35.2 Å². The van der Waals surface area contributed by atoms with E-state index in [9.17, 15) is 23.9 Å². The number of hydrogen-bond donors (Lipinski definition) is 3. The molecule has 13 heteroatoms. The molecule has 2 fully saturated rings. The Balaban J connectivity index is 1.52. The number of hydrogen-bond acceptors (Lipinski definition) is 8. The molecule has 3 aliphatic rings. The Kier molecular flexibility index (Phi) is 5.80. The average Bonchev–Trinajstić information content (AvgIpc) is 3.42. The van der Waals surface area contributed by atoms with Crippen molar-refractivity contribution >= 4 is 46.7 Å². The molecule has 0 bridgehead atoms. The molecule has 2 saturated heterocycles. The summed E-state index contributed by atoms with van der Waals surface area (Å²) in [5.41, 5.74) is 0.665. The van der Waals surface area contributed by atoms with Crippen molar-refractivity contribution in [3.05, 3.63) is 62.5 Å². The van der Waals surface area contributed by atoms with E-state index < -0.39 is 29.9 Å². The van der Waals surface area contributed by atoms with E-state index in [2.05, 4.69) is 20.6 Å². The number of imide groups is 1. The number of amides is 3. The predicted molar refractivity (Wildman–Crippen MR) is 121 cm³/mol. The molecule has 176 valence electrons. The highest BCUT2D eigenvalue weighted by molar-refractivity contribution is 7.11. The lowest BCUT2D eigenvalue weighted by Gasteiger charge is -2.37. The zero-order chi connectivity index (χ0) is 24.0. The van der Waals surface area contributed by atoms with Gasteiger partial charge in [-0.1, -0.05) is 17.7 Å². The fraction of sp³-hybridized carbons (Fsp3) is 0.286. The third-order valence-electron chi connectivity index (χ3n) is 5.89. The zero-order valence-electron chi connectivity index (χ0n) is 17.5. The third-order valence-corrected chi connectivity index (χ3v) is 7.00. The normalized spacial score (nSPS) is 22.9. The van der Waals surface area contributed by atoms with Crippen LogP contribution in [0.5, 0.6) is 0 Å². The minimum atomic E-state index is -1.21. The molecule has 10 nitrogen and oxygen atoms in total. The molecule has 34 heavy (non-hydrogen) atoms. The van der Waals surface area contributed by atoms with E-state index in [4.69, 9.17) is 11.6 Å². The minimum Gasteiger partial charge on any atom is -0.478 e. The van der Waals surface area contributed by atoms with Crippen LogP contribution in [-0.2, 0) is 9.59 Å². The Morgan fingerprint density at radius 2 is 2.12 bits per heavy atom. The number of carbonyl (C=O) groups excluding carboxylic acids is 2. The van der Waals surface area contributed by atoms with E-state index in [1.165, 1.54) is 28.4 Å². The first-order chi connectivity index (χ1) is 16.3. The Bertz CT molecular complexity index is 1250. The second kappa shape index (κ2) is 8.78. The van der Waals surface area contributed by atoms with Crippen molar-refractivity contribution in [3.8, 4) is 0 Å². The number of halogens is 2. The number of urea groups is 1. The number of rotatable bonds is 5. The van der Waals surface area contributed by atoms with Crippen molar-refractivity contribution in [2.75, 3.05) is 26.2 Å². The molecule has 2 aromatic rings. The molecule has 2 atom stereocenters. The molecule has 0 spiro atoms. The van der Waals surface area contributed by atoms with Gasteiger partial charge >= 0.3 is 12.0 Å². The maximum Gasteiger partial charge on any atom is 0.335 e. The lowest BCUT2D eigenvalue weighted by atomic mass is 9.95. The number of benzene rings is 1. The number of aliphatic imine (C=N–C) groups is 1. The van der Waals surface area contributed by atoms with E-state index in [1.807, 2.05) is 4.90 Å². The van der Waals surface area contributed by atoms with Crippen LogP contribution in [0.3, 0.4) is 0 Å². The van der Waals surface area contributed by atoms with Crippen molar-refractivity contribution in [2.24, 2.45) is 4.99 Å². The third kappa shape index (κ3) is 4.04. The number of aliphatic carboxylic acids is 1. The molecule has 1 aromatic carbocycles. The number of fused-ring (bicyclic) bond motifs is 1. The number of carbonyl (C=O) groups is 3. The van der Waals surface area contributed by atoms with Crippen LogP contribution in [-0.4, -0.2) is 75.9 Å². The second-order valence-corrected chi connectivity index (χ2v) is 9.25. The summed E-state index contributed by atoms with van der Waals surface area (Å²) in [6.07, 6.45) is 1.61. The van der Waals surface area contributed by atoms with Gasteiger partial charge in [-0.05, 0) is 12.1 Å². The Morgan fingerprint density at radius 3 is 2.82 bits per heavy atom. The number of thiazole rings is 1. The number of piperazine rings is 1. The van der Waals surface area contributed by atoms with Crippen molar-refractivity contribution in [1.82, 2.24) is 25.4 Å². The van der Waals surface area contributed by atoms with Gasteiger partial charge < -0.3 is 15.3 Å². The van der Waals surface area contributed by atoms with Gasteiger partial charge in [0, 0.05) is 54.0 Å². The van der Waals surface area contributed by atoms with Crippen molar-refractivity contribution in [2.45, 2.75) is 12.1 Å². The summed E-state index contributed by atoms with van der Waals surface area (Å²) in [6.45, 7) is 1.19. The molecule has 0 radical (unpaired) electrons. The molecular formula is C21H18ClFN6O4S. The monoisotopic (exact) mass is 504 g/mol. The summed E-state index contributed by atoms with van der Waals surface area (Å²) in [5.74, 6) is -1.76. The van der Waals surface area contributed by atoms with Crippen molar-refractivity contribution in [3.63, 3.8) is 0 Å². The van der Waals surface area contributed by atoms with Crippen LogP contribution in [0.4, 0.5) is 9.18 Å². The van der Waals surface area contributed by atoms with Gasteiger partial charge in [-0.2, -0.15) is 0 Å². The molecule has 0 saturated carbocycles. The first kappa shape index (κ1) is 22.4. The highest BCUT2D eigenvalue weighted by Gasteiger charge is 2.42. The topological polar surface area (TPSA) is 127 Å². The molecule has 5 rings (SSSR count). The van der Waals surface area contributed by atoms with E-state index in [-0.39, 0.29) is 29.6 Å². The highest BCUT2D eigenvalue weighted by Crippen LogP contribution is 2.36. The summed E-state index contributed by atoms with van der Waals surface area (Å²) in [4.78, 5) is 48.7. The zero-order valence-corrected chi connectivity index (χ0v) is 19.1. The van der Waals surface area contributed by atoms with Gasteiger partial charge in [0.15, 0.2) is 10.8 Å². The summed E-state index contributed by atoms with van der Waals surface area (Å²) in [7, 11) is 0. The maximum atomic E-state index is 13.7. The van der Waals surface area contributed by atoms with Crippen LogP contribution in [0.1, 0.15) is 16.6 Å². The van der Waals surface area contributed by atoms with Crippen molar-refractivity contribution in [1.29, 1.82) is 0 Å². The summed E-state index contributed by atoms with van der Waals surface area (Å²) >= 11 is 7.61. The lowest BCUT2D eigenvalue weighted by molar-refractivity contribution is -0.133. The molecule has 4 heterocycles. The number of nitrogens with zero attached hydrogens (tertiary/aromatic N) is 4. The van der Waals surface area contributed by atoms with Gasteiger partial charge in [0.25, 0.3) is 5.91 Å². The largest absolute Gasteiger partial charge is 0.478 e. The first-order valence-corrected chi connectivity index (χ1v) is 11.6. The van der Waals surface area contributed by atoms with E-state index >= 15 is 0 Å². The van der Waals surface area contributed by atoms with Crippen LogP contribution in [0.2, 0.25) is 5.02 Å². The van der Waals surface area contributed by atoms with Crippen LogP contribution >= 0.6 is 22.9 Å². The number of amidine groups is 1. The summed E-state index contributed by atoms with van der Waals surface area (Å²) < 4.78 is 13.7. The lowest BCUT2D eigenvalue weighted by Crippen LogP contribution is -2.54. The Hall–Kier alpha value is -3.35. The van der Waals surface area contributed by atoms with Crippen LogP contribution < -0.4 is 10.6 Å². The van der Waals surface area contributed by atoms with Gasteiger partial charge in [0.1, 0.15) is 17.9 Å². The molecule has 1 unspecified atom stereocenters. The average molecular weight is 505 g/mol. The Labute approximate surface area is 201 Å². The van der Waals surface area contributed by atoms with Gasteiger partial charge in [0.2, 0.25) is 0 Å². The van der Waals surface area contributed by atoms with Crippen LogP contribution in [0.25, 0.3) is 0 Å². The Morgan fingerprint density at radius 1 is 1.29 bits per heavy atom. The quantitative estimate of drug-likeness (QED) is 0.528. The standard InChI is InChI=1S/C21H18ClFN6O4S/c22-12-7-10(23)1-2-11(12)16-15(20(31)32)13(25-17(26-16)19-24-3-6-34-19)8-28-4-5-29-14(9-28)18(30)27-21(29)33/h1-3,6-7,14,16H,4-5,8-9H2,(H,25,26)(H,31,32)(H,27,30,33)/t14?,16-/m0/s1. The number of aromatic nitrogens is 1. The van der Waals surface area contributed by atoms with Crippen molar-refractivity contribution < 1.29 is 23.9 Å². The molecule has 0 aliphatic carbocycles.